The summed E-state index contributed by atoms with van der Waals surface area (Å²) >= 11 is 5.99. The van der Waals surface area contributed by atoms with Crippen molar-refractivity contribution in [3.05, 3.63) is 64.7 Å². The average Bonchev–Trinajstić information content (AvgIpc) is 3.62. The van der Waals surface area contributed by atoms with Gasteiger partial charge in [-0.3, -0.25) is 4.79 Å². The molecule has 0 bridgehead atoms. The molecule has 2 aromatic carbocycles. The molecule has 8 heteroatoms. The molecule has 4 rings (SSSR count). The summed E-state index contributed by atoms with van der Waals surface area (Å²) in [6.07, 6.45) is 2.63. The number of hydrogen-bond donors (Lipinski definition) is 1. The molecule has 1 saturated heterocycles. The third-order valence-electron chi connectivity index (χ3n) is 6.20. The molecular formula is C25H28ClNO6. The van der Waals surface area contributed by atoms with Gasteiger partial charge in [-0.25, -0.2) is 4.79 Å². The first kappa shape index (κ1) is 23.5. The Kier molecular flexibility index (Phi) is 7.22. The average molecular weight is 474 g/mol. The minimum atomic E-state index is -0.961. The molecule has 2 aromatic rings. The summed E-state index contributed by atoms with van der Waals surface area (Å²) in [7, 11) is 1.35. The number of carbonyl (C=O) groups is 2. The SMILES string of the molecule is COC(=O)c1ccc(C2(NC(=O)C3(OCCOc4cccc(Cl)c4)CCOCC3)CC2)cc1. The van der Waals surface area contributed by atoms with Gasteiger partial charge in [0.2, 0.25) is 0 Å². The third kappa shape index (κ3) is 5.49. The maximum Gasteiger partial charge on any atom is 0.337 e. The maximum atomic E-state index is 13.5. The molecule has 1 N–H and O–H groups in total. The van der Waals surface area contributed by atoms with E-state index in [4.69, 9.17) is 30.5 Å². The van der Waals surface area contributed by atoms with Gasteiger partial charge >= 0.3 is 5.97 Å². The van der Waals surface area contributed by atoms with Gasteiger partial charge in [-0.05, 0) is 48.7 Å². The number of ether oxygens (including phenoxy) is 4. The van der Waals surface area contributed by atoms with Crippen LogP contribution in [-0.2, 0) is 24.5 Å². The molecule has 1 saturated carbocycles. The topological polar surface area (TPSA) is 83.1 Å². The van der Waals surface area contributed by atoms with Crippen molar-refractivity contribution in [1.82, 2.24) is 5.32 Å². The second-order valence-corrected chi connectivity index (χ2v) is 8.80. The highest BCUT2D eigenvalue weighted by molar-refractivity contribution is 6.30. The fourth-order valence-corrected chi connectivity index (χ4v) is 4.26. The third-order valence-corrected chi connectivity index (χ3v) is 6.44. The molecule has 7 nitrogen and oxygen atoms in total. The molecule has 1 aliphatic carbocycles. The highest BCUT2D eigenvalue weighted by atomic mass is 35.5. The zero-order valence-corrected chi connectivity index (χ0v) is 19.4. The van der Waals surface area contributed by atoms with Crippen molar-refractivity contribution in [2.75, 3.05) is 33.5 Å². The lowest BCUT2D eigenvalue weighted by atomic mass is 9.91. The van der Waals surface area contributed by atoms with Gasteiger partial charge in [-0.15, -0.1) is 0 Å². The monoisotopic (exact) mass is 473 g/mol. The lowest BCUT2D eigenvalue weighted by molar-refractivity contribution is -0.163. The number of rotatable bonds is 9. The van der Waals surface area contributed by atoms with Crippen LogP contribution in [0.5, 0.6) is 5.75 Å². The van der Waals surface area contributed by atoms with Crippen LogP contribution in [0.3, 0.4) is 0 Å². The minimum absolute atomic E-state index is 0.136. The first-order valence-corrected chi connectivity index (χ1v) is 11.5. The number of methoxy groups -OCH3 is 1. The molecule has 0 atom stereocenters. The van der Waals surface area contributed by atoms with E-state index in [1.165, 1.54) is 7.11 Å². The normalized spacial score (nSPS) is 18.2. The van der Waals surface area contributed by atoms with Gasteiger partial charge in [-0.2, -0.15) is 0 Å². The summed E-state index contributed by atoms with van der Waals surface area (Å²) in [6.45, 7) is 1.49. The summed E-state index contributed by atoms with van der Waals surface area (Å²) in [6, 6.07) is 14.3. The van der Waals surface area contributed by atoms with Crippen LogP contribution in [0.25, 0.3) is 0 Å². The summed E-state index contributed by atoms with van der Waals surface area (Å²) < 4.78 is 22.1. The quantitative estimate of drug-likeness (QED) is 0.439. The first-order valence-electron chi connectivity index (χ1n) is 11.1. The van der Waals surface area contributed by atoms with E-state index in [1.807, 2.05) is 24.3 Å². The molecule has 1 amide bonds. The van der Waals surface area contributed by atoms with Crippen molar-refractivity contribution in [2.24, 2.45) is 0 Å². The van der Waals surface area contributed by atoms with Crippen LogP contribution in [0.2, 0.25) is 5.02 Å². The van der Waals surface area contributed by atoms with Gasteiger partial charge in [0, 0.05) is 31.1 Å². The minimum Gasteiger partial charge on any atom is -0.491 e. The van der Waals surface area contributed by atoms with E-state index < -0.39 is 11.1 Å². The van der Waals surface area contributed by atoms with Crippen LogP contribution in [0.1, 0.15) is 41.6 Å². The molecule has 33 heavy (non-hydrogen) atoms. The highest BCUT2D eigenvalue weighted by Crippen LogP contribution is 2.46. The predicted molar refractivity (Wildman–Crippen MR) is 123 cm³/mol. The van der Waals surface area contributed by atoms with E-state index in [0.717, 1.165) is 18.4 Å². The van der Waals surface area contributed by atoms with Crippen molar-refractivity contribution in [2.45, 2.75) is 36.8 Å². The summed E-state index contributed by atoms with van der Waals surface area (Å²) in [5.74, 6) is 0.136. The Morgan fingerprint density at radius 2 is 1.76 bits per heavy atom. The highest BCUT2D eigenvalue weighted by Gasteiger charge is 2.50. The van der Waals surface area contributed by atoms with Crippen LogP contribution in [0, 0.1) is 0 Å². The Balaban J connectivity index is 1.39. The van der Waals surface area contributed by atoms with E-state index in [-0.39, 0.29) is 18.5 Å². The first-order chi connectivity index (χ1) is 16.0. The van der Waals surface area contributed by atoms with Gasteiger partial charge in [0.05, 0.1) is 24.8 Å². The Hall–Kier alpha value is -2.61. The fraction of sp³-hybridized carbons (Fsp3) is 0.440. The zero-order valence-electron chi connectivity index (χ0n) is 18.6. The molecule has 0 radical (unpaired) electrons. The fourth-order valence-electron chi connectivity index (χ4n) is 4.08. The number of esters is 1. The van der Waals surface area contributed by atoms with Crippen LogP contribution >= 0.6 is 11.6 Å². The summed E-state index contributed by atoms with van der Waals surface area (Å²) in [4.78, 5) is 25.2. The number of carbonyl (C=O) groups excluding carboxylic acids is 2. The van der Waals surface area contributed by atoms with Crippen molar-refractivity contribution < 1.29 is 28.5 Å². The van der Waals surface area contributed by atoms with Gasteiger partial charge in [0.25, 0.3) is 5.91 Å². The predicted octanol–water partition coefficient (Wildman–Crippen LogP) is 3.88. The molecule has 2 aliphatic rings. The number of nitrogens with one attached hydrogen (secondary N) is 1. The van der Waals surface area contributed by atoms with Crippen molar-refractivity contribution in [3.63, 3.8) is 0 Å². The van der Waals surface area contributed by atoms with E-state index in [9.17, 15) is 9.59 Å². The van der Waals surface area contributed by atoms with Crippen LogP contribution in [-0.4, -0.2) is 51.0 Å². The van der Waals surface area contributed by atoms with Crippen LogP contribution in [0.15, 0.2) is 48.5 Å². The molecule has 1 aliphatic heterocycles. The Morgan fingerprint density at radius 3 is 2.39 bits per heavy atom. The smallest absolute Gasteiger partial charge is 0.337 e. The standard InChI is InChI=1S/C25H28ClNO6/c1-30-22(28)18-5-7-19(8-6-18)24(9-10-24)27-23(29)25(11-13-31-14-12-25)33-16-15-32-21-4-2-3-20(26)17-21/h2-8,17H,9-16H2,1H3,(H,27,29). The molecule has 0 spiro atoms. The van der Waals surface area contributed by atoms with E-state index in [2.05, 4.69) is 5.32 Å². The second kappa shape index (κ2) is 10.1. The van der Waals surface area contributed by atoms with Crippen LogP contribution < -0.4 is 10.1 Å². The van der Waals surface area contributed by atoms with Crippen LogP contribution in [0.4, 0.5) is 0 Å². The lowest BCUT2D eigenvalue weighted by Gasteiger charge is -2.37. The number of hydrogen-bond acceptors (Lipinski definition) is 6. The molecule has 0 unspecified atom stereocenters. The molecule has 2 fully saturated rings. The van der Waals surface area contributed by atoms with Gasteiger partial charge < -0.3 is 24.3 Å². The van der Waals surface area contributed by atoms with Gasteiger partial charge in [0.15, 0.2) is 5.60 Å². The van der Waals surface area contributed by atoms with Gasteiger partial charge in [-0.1, -0.05) is 29.8 Å². The molecular weight excluding hydrogens is 446 g/mol. The van der Waals surface area contributed by atoms with Crippen molar-refractivity contribution >= 4 is 23.5 Å². The largest absolute Gasteiger partial charge is 0.491 e. The van der Waals surface area contributed by atoms with Crippen molar-refractivity contribution in [1.29, 1.82) is 0 Å². The Morgan fingerprint density at radius 1 is 1.03 bits per heavy atom. The summed E-state index contributed by atoms with van der Waals surface area (Å²) in [5.41, 5.74) is 0.0529. The molecule has 176 valence electrons. The maximum absolute atomic E-state index is 13.5. The Bertz CT molecular complexity index is 983. The van der Waals surface area contributed by atoms with Crippen molar-refractivity contribution in [3.8, 4) is 5.75 Å². The van der Waals surface area contributed by atoms with E-state index in [0.29, 0.717) is 49.0 Å². The zero-order chi connectivity index (χ0) is 23.3. The number of amides is 1. The van der Waals surface area contributed by atoms with E-state index >= 15 is 0 Å². The molecule has 1 heterocycles. The van der Waals surface area contributed by atoms with Gasteiger partial charge in [0.1, 0.15) is 12.4 Å². The number of halogens is 1. The molecule has 0 aromatic heterocycles. The Labute approximate surface area is 198 Å². The lowest BCUT2D eigenvalue weighted by Crippen LogP contribution is -2.55. The summed E-state index contributed by atoms with van der Waals surface area (Å²) in [5, 5.41) is 3.83. The number of benzene rings is 2. The van der Waals surface area contributed by atoms with E-state index in [1.54, 1.807) is 24.3 Å². The second-order valence-electron chi connectivity index (χ2n) is 8.37.